The molecular weight excluding hydrogens is 428 g/mol. The quantitative estimate of drug-likeness (QED) is 0.252. The molecule has 0 amide bonds. The summed E-state index contributed by atoms with van der Waals surface area (Å²) in [7, 11) is 0. The van der Waals surface area contributed by atoms with Gasteiger partial charge in [0.1, 0.15) is 24.0 Å². The van der Waals surface area contributed by atoms with Gasteiger partial charge in [-0.3, -0.25) is 5.43 Å². The van der Waals surface area contributed by atoms with Crippen LogP contribution < -0.4 is 10.2 Å². The van der Waals surface area contributed by atoms with E-state index in [1.807, 2.05) is 42.6 Å². The van der Waals surface area contributed by atoms with E-state index in [9.17, 15) is 8.78 Å². The highest BCUT2D eigenvalue weighted by Crippen LogP contribution is 2.25. The van der Waals surface area contributed by atoms with Gasteiger partial charge in [0.15, 0.2) is 0 Å². The number of hydrazone groups is 1. The summed E-state index contributed by atoms with van der Waals surface area (Å²) in [6.45, 7) is 2.15. The van der Waals surface area contributed by atoms with Crippen molar-refractivity contribution in [3.63, 3.8) is 0 Å². The standard InChI is InChI=1S/C25H21F2N3OS/c1-17-16-32-25(29-17)30-28-14-19-8-9-24(31-15-20-5-3-7-23(27)13-20)21(11-19)10-18-4-2-6-22(26)12-18/h2-9,11-14,16H,10,15H2,1H3,(H,29,30). The Balaban J connectivity index is 1.54. The Morgan fingerprint density at radius 1 is 1.00 bits per heavy atom. The fourth-order valence-electron chi connectivity index (χ4n) is 3.18. The Kier molecular flexibility index (Phi) is 6.87. The lowest BCUT2D eigenvalue weighted by Gasteiger charge is -2.13. The molecule has 0 aliphatic carbocycles. The third kappa shape index (κ3) is 5.98. The first-order valence-corrected chi connectivity index (χ1v) is 10.9. The molecule has 0 aliphatic heterocycles. The van der Waals surface area contributed by atoms with Crippen molar-refractivity contribution in [2.75, 3.05) is 5.43 Å². The molecule has 32 heavy (non-hydrogen) atoms. The molecule has 1 N–H and O–H groups in total. The molecule has 3 aromatic carbocycles. The van der Waals surface area contributed by atoms with Gasteiger partial charge in [0, 0.05) is 11.8 Å². The summed E-state index contributed by atoms with van der Waals surface area (Å²) < 4.78 is 33.1. The van der Waals surface area contributed by atoms with Crippen LogP contribution in [0.15, 0.2) is 77.2 Å². The number of hydrogen-bond donors (Lipinski definition) is 1. The summed E-state index contributed by atoms with van der Waals surface area (Å²) in [5.74, 6) is 0.0603. The van der Waals surface area contributed by atoms with Crippen LogP contribution in [-0.2, 0) is 13.0 Å². The van der Waals surface area contributed by atoms with Crippen LogP contribution in [0.4, 0.5) is 13.9 Å². The van der Waals surface area contributed by atoms with Gasteiger partial charge < -0.3 is 4.74 Å². The van der Waals surface area contributed by atoms with Gasteiger partial charge >= 0.3 is 0 Å². The summed E-state index contributed by atoms with van der Waals surface area (Å²) in [4.78, 5) is 4.31. The van der Waals surface area contributed by atoms with E-state index in [2.05, 4.69) is 15.5 Å². The largest absolute Gasteiger partial charge is 0.489 e. The number of rotatable bonds is 8. The van der Waals surface area contributed by atoms with Crippen LogP contribution in [0.2, 0.25) is 0 Å². The molecule has 7 heteroatoms. The second kappa shape index (κ2) is 10.2. The molecule has 0 spiro atoms. The second-order valence-corrected chi connectivity index (χ2v) is 8.11. The van der Waals surface area contributed by atoms with Gasteiger partial charge in [-0.1, -0.05) is 24.3 Å². The molecule has 4 rings (SSSR count). The monoisotopic (exact) mass is 449 g/mol. The van der Waals surface area contributed by atoms with Gasteiger partial charge in [-0.05, 0) is 71.6 Å². The number of thiazole rings is 1. The van der Waals surface area contributed by atoms with E-state index in [1.54, 1.807) is 18.3 Å². The van der Waals surface area contributed by atoms with Crippen molar-refractivity contribution in [2.24, 2.45) is 5.10 Å². The Hall–Kier alpha value is -3.58. The maximum Gasteiger partial charge on any atom is 0.203 e. The summed E-state index contributed by atoms with van der Waals surface area (Å²) in [5, 5.41) is 6.91. The molecule has 0 bridgehead atoms. The zero-order chi connectivity index (χ0) is 22.3. The average molecular weight is 450 g/mol. The predicted molar refractivity (Wildman–Crippen MR) is 124 cm³/mol. The number of nitrogens with zero attached hydrogens (tertiary/aromatic N) is 2. The van der Waals surface area contributed by atoms with E-state index in [4.69, 9.17) is 4.74 Å². The SMILES string of the molecule is Cc1csc(NN=Cc2ccc(OCc3cccc(F)c3)c(Cc3cccc(F)c3)c2)n1. The maximum absolute atomic E-state index is 13.7. The fourth-order valence-corrected chi connectivity index (χ4v) is 3.82. The smallest absolute Gasteiger partial charge is 0.203 e. The minimum atomic E-state index is -0.305. The van der Waals surface area contributed by atoms with Crippen LogP contribution in [0.1, 0.15) is 27.9 Å². The molecule has 162 valence electrons. The number of benzene rings is 3. The zero-order valence-corrected chi connectivity index (χ0v) is 18.2. The lowest BCUT2D eigenvalue weighted by atomic mass is 10.0. The Labute approximate surface area is 189 Å². The first-order valence-electron chi connectivity index (χ1n) is 10.0. The van der Waals surface area contributed by atoms with Gasteiger partial charge in [0.05, 0.1) is 11.9 Å². The van der Waals surface area contributed by atoms with Gasteiger partial charge in [-0.15, -0.1) is 11.3 Å². The summed E-state index contributed by atoms with van der Waals surface area (Å²) in [5.41, 5.74) is 7.14. The Bertz CT molecular complexity index is 1240. The van der Waals surface area contributed by atoms with Gasteiger partial charge in [0.2, 0.25) is 5.13 Å². The lowest BCUT2D eigenvalue weighted by Crippen LogP contribution is -2.01. The molecule has 0 aliphatic rings. The summed E-state index contributed by atoms with van der Waals surface area (Å²) >= 11 is 1.48. The Morgan fingerprint density at radius 3 is 2.47 bits per heavy atom. The first-order chi connectivity index (χ1) is 15.5. The number of nitrogens with one attached hydrogen (secondary N) is 1. The average Bonchev–Trinajstić information content (AvgIpc) is 3.18. The highest BCUT2D eigenvalue weighted by molar-refractivity contribution is 7.13. The Morgan fingerprint density at radius 2 is 1.75 bits per heavy atom. The number of ether oxygens (including phenoxy) is 1. The predicted octanol–water partition coefficient (Wildman–Crippen LogP) is 6.35. The van der Waals surface area contributed by atoms with E-state index >= 15 is 0 Å². The van der Waals surface area contributed by atoms with Gasteiger partial charge in [-0.2, -0.15) is 5.10 Å². The van der Waals surface area contributed by atoms with Crippen molar-refractivity contribution in [1.82, 2.24) is 4.98 Å². The van der Waals surface area contributed by atoms with Crippen molar-refractivity contribution in [3.8, 4) is 5.75 Å². The van der Waals surface area contributed by atoms with Crippen LogP contribution in [0, 0.1) is 18.6 Å². The molecule has 1 aromatic heterocycles. The zero-order valence-electron chi connectivity index (χ0n) is 17.4. The molecule has 0 atom stereocenters. The van der Waals surface area contributed by atoms with Crippen LogP contribution in [0.3, 0.4) is 0 Å². The maximum atomic E-state index is 13.7. The van der Waals surface area contributed by atoms with Crippen molar-refractivity contribution >= 4 is 22.7 Å². The van der Waals surface area contributed by atoms with E-state index in [0.29, 0.717) is 17.3 Å². The third-order valence-electron chi connectivity index (χ3n) is 4.64. The normalized spacial score (nSPS) is 11.1. The van der Waals surface area contributed by atoms with Crippen LogP contribution in [0.5, 0.6) is 5.75 Å². The molecule has 0 unspecified atom stereocenters. The molecule has 4 aromatic rings. The summed E-state index contributed by atoms with van der Waals surface area (Å²) in [6, 6.07) is 18.5. The van der Waals surface area contributed by atoms with Crippen LogP contribution >= 0.6 is 11.3 Å². The number of halogens is 2. The summed E-state index contributed by atoms with van der Waals surface area (Å²) in [6.07, 6.45) is 2.18. The molecule has 0 saturated heterocycles. The number of aromatic nitrogens is 1. The highest BCUT2D eigenvalue weighted by atomic mass is 32.1. The lowest BCUT2D eigenvalue weighted by molar-refractivity contribution is 0.303. The molecule has 0 radical (unpaired) electrons. The van der Waals surface area contributed by atoms with E-state index in [-0.39, 0.29) is 18.2 Å². The topological polar surface area (TPSA) is 46.5 Å². The highest BCUT2D eigenvalue weighted by Gasteiger charge is 2.08. The van der Waals surface area contributed by atoms with Crippen molar-refractivity contribution in [1.29, 1.82) is 0 Å². The molecule has 0 fully saturated rings. The van der Waals surface area contributed by atoms with E-state index in [1.165, 1.54) is 35.6 Å². The molecule has 1 heterocycles. The molecule has 0 saturated carbocycles. The molecular formula is C25H21F2N3OS. The van der Waals surface area contributed by atoms with Crippen LogP contribution in [0.25, 0.3) is 0 Å². The van der Waals surface area contributed by atoms with Crippen molar-refractivity contribution in [2.45, 2.75) is 20.0 Å². The number of anilines is 1. The van der Waals surface area contributed by atoms with Crippen molar-refractivity contribution in [3.05, 3.63) is 112 Å². The fraction of sp³-hybridized carbons (Fsp3) is 0.120. The minimum absolute atomic E-state index is 0.228. The van der Waals surface area contributed by atoms with Gasteiger partial charge in [0.25, 0.3) is 0 Å². The van der Waals surface area contributed by atoms with E-state index < -0.39 is 0 Å². The van der Waals surface area contributed by atoms with Crippen LogP contribution in [-0.4, -0.2) is 11.2 Å². The van der Waals surface area contributed by atoms with Gasteiger partial charge in [-0.25, -0.2) is 13.8 Å². The number of hydrogen-bond acceptors (Lipinski definition) is 5. The second-order valence-electron chi connectivity index (χ2n) is 7.26. The minimum Gasteiger partial charge on any atom is -0.489 e. The van der Waals surface area contributed by atoms with E-state index in [0.717, 1.165) is 27.9 Å². The third-order valence-corrected chi connectivity index (χ3v) is 5.51. The molecule has 4 nitrogen and oxygen atoms in total. The van der Waals surface area contributed by atoms with Crippen molar-refractivity contribution < 1.29 is 13.5 Å². The first kappa shape index (κ1) is 21.6. The number of aryl methyl sites for hydroxylation is 1.